The van der Waals surface area contributed by atoms with E-state index >= 15 is 0 Å². The van der Waals surface area contributed by atoms with Gasteiger partial charge in [-0.2, -0.15) is 0 Å². The summed E-state index contributed by atoms with van der Waals surface area (Å²) in [7, 11) is 0. The van der Waals surface area contributed by atoms with E-state index in [0.29, 0.717) is 24.6 Å². The molecule has 2 heterocycles. The summed E-state index contributed by atoms with van der Waals surface area (Å²) in [6, 6.07) is 18.6. The molecule has 1 atom stereocenters. The average Bonchev–Trinajstić information content (AvgIpc) is 2.88. The number of halogens is 1. The number of nitrogens with zero attached hydrogens (tertiary/aromatic N) is 2. The first-order chi connectivity index (χ1) is 16.4. The number of hydrogen-bond donors (Lipinski definition) is 1. The van der Waals surface area contributed by atoms with Crippen LogP contribution >= 0.6 is 11.6 Å². The second kappa shape index (κ2) is 10.8. The van der Waals surface area contributed by atoms with E-state index in [1.165, 1.54) is 5.56 Å². The molecule has 3 aromatic rings. The molecular formula is C28H30ClN3O2. The first-order valence-corrected chi connectivity index (χ1v) is 12.2. The maximum Gasteiger partial charge on any atom is 0.251 e. The number of nitrogens with one attached hydrogen (secondary N) is 1. The van der Waals surface area contributed by atoms with Crippen molar-refractivity contribution in [2.45, 2.75) is 38.6 Å². The molecule has 1 saturated heterocycles. The molecule has 1 aliphatic heterocycles. The lowest BCUT2D eigenvalue weighted by atomic mass is 9.89. The molecule has 2 aromatic carbocycles. The van der Waals surface area contributed by atoms with Gasteiger partial charge in [0, 0.05) is 41.6 Å². The molecule has 1 aromatic heterocycles. The molecule has 5 nitrogen and oxygen atoms in total. The summed E-state index contributed by atoms with van der Waals surface area (Å²) in [6.07, 6.45) is 5.29. The SMILES string of the molecule is CC(C)[C@@H](NC(=O)c1cccc(-c2cccnc2)c1)C(=O)N1CCC(c2ccc(Cl)cc2)CC1. The number of carbonyl (C=O) groups is 2. The lowest BCUT2D eigenvalue weighted by Gasteiger charge is -2.35. The monoisotopic (exact) mass is 475 g/mol. The molecule has 0 saturated carbocycles. The van der Waals surface area contributed by atoms with Gasteiger partial charge in [0.25, 0.3) is 5.91 Å². The van der Waals surface area contributed by atoms with Crippen molar-refractivity contribution in [2.75, 3.05) is 13.1 Å². The van der Waals surface area contributed by atoms with E-state index < -0.39 is 6.04 Å². The molecule has 0 spiro atoms. The van der Waals surface area contributed by atoms with Gasteiger partial charge in [0.1, 0.15) is 6.04 Å². The fourth-order valence-corrected chi connectivity index (χ4v) is 4.60. The van der Waals surface area contributed by atoms with Crippen molar-refractivity contribution >= 4 is 23.4 Å². The Kier molecular flexibility index (Phi) is 7.63. The molecule has 4 rings (SSSR count). The van der Waals surface area contributed by atoms with Crippen LogP contribution < -0.4 is 5.32 Å². The van der Waals surface area contributed by atoms with Gasteiger partial charge < -0.3 is 10.2 Å². The van der Waals surface area contributed by atoms with E-state index in [9.17, 15) is 9.59 Å². The molecule has 2 amide bonds. The molecule has 0 aliphatic carbocycles. The van der Waals surface area contributed by atoms with Crippen LogP contribution in [0.5, 0.6) is 0 Å². The lowest BCUT2D eigenvalue weighted by molar-refractivity contribution is -0.135. The molecular weight excluding hydrogens is 446 g/mol. The van der Waals surface area contributed by atoms with Gasteiger partial charge in [0.05, 0.1) is 0 Å². The van der Waals surface area contributed by atoms with Crippen molar-refractivity contribution in [1.29, 1.82) is 0 Å². The standard InChI is InChI=1S/C28H30ClN3O2/c1-19(2)26(28(34)32-15-12-21(13-16-32)20-8-10-25(29)11-9-20)31-27(33)23-6-3-5-22(17-23)24-7-4-14-30-18-24/h3-11,14,17-19,21,26H,12-13,15-16H2,1-2H3,(H,31,33)/t26-/m1/s1. The van der Waals surface area contributed by atoms with Crippen LogP contribution in [0.4, 0.5) is 0 Å². The highest BCUT2D eigenvalue weighted by Crippen LogP contribution is 2.29. The quantitative estimate of drug-likeness (QED) is 0.507. The summed E-state index contributed by atoms with van der Waals surface area (Å²) in [4.78, 5) is 32.5. The summed E-state index contributed by atoms with van der Waals surface area (Å²) >= 11 is 6.02. The third kappa shape index (κ3) is 5.65. The van der Waals surface area contributed by atoms with Gasteiger partial charge >= 0.3 is 0 Å². The predicted molar refractivity (Wildman–Crippen MR) is 136 cm³/mol. The Morgan fingerprint density at radius 1 is 1.00 bits per heavy atom. The topological polar surface area (TPSA) is 62.3 Å². The van der Waals surface area contributed by atoms with E-state index in [2.05, 4.69) is 22.4 Å². The number of aromatic nitrogens is 1. The Labute approximate surface area is 206 Å². The predicted octanol–water partition coefficient (Wildman–Crippen LogP) is 5.56. The van der Waals surface area contributed by atoms with E-state index in [-0.39, 0.29) is 17.7 Å². The molecule has 1 N–H and O–H groups in total. The third-order valence-electron chi connectivity index (χ3n) is 6.49. The number of amides is 2. The van der Waals surface area contributed by atoms with Crippen molar-refractivity contribution in [2.24, 2.45) is 5.92 Å². The number of likely N-dealkylation sites (tertiary alicyclic amines) is 1. The first-order valence-electron chi connectivity index (χ1n) is 11.8. The van der Waals surface area contributed by atoms with Crippen LogP contribution in [0.25, 0.3) is 11.1 Å². The zero-order valence-corrected chi connectivity index (χ0v) is 20.3. The number of pyridine rings is 1. The molecule has 6 heteroatoms. The van der Waals surface area contributed by atoms with Crippen LogP contribution in [-0.2, 0) is 4.79 Å². The molecule has 34 heavy (non-hydrogen) atoms. The molecule has 1 aliphatic rings. The third-order valence-corrected chi connectivity index (χ3v) is 6.74. The number of carbonyl (C=O) groups excluding carboxylic acids is 2. The van der Waals surface area contributed by atoms with Crippen molar-refractivity contribution in [3.63, 3.8) is 0 Å². The van der Waals surface area contributed by atoms with Crippen LogP contribution in [0.1, 0.15) is 48.5 Å². The van der Waals surface area contributed by atoms with E-state index in [4.69, 9.17) is 11.6 Å². The molecule has 0 bridgehead atoms. The fraction of sp³-hybridized carbons (Fsp3) is 0.321. The number of benzene rings is 2. The normalized spacial score (nSPS) is 15.2. The fourth-order valence-electron chi connectivity index (χ4n) is 4.48. The smallest absolute Gasteiger partial charge is 0.251 e. The van der Waals surface area contributed by atoms with Gasteiger partial charge in [0.15, 0.2) is 0 Å². The van der Waals surface area contributed by atoms with Crippen molar-refractivity contribution in [1.82, 2.24) is 15.2 Å². The highest BCUT2D eigenvalue weighted by molar-refractivity contribution is 6.30. The Morgan fingerprint density at radius 3 is 2.35 bits per heavy atom. The highest BCUT2D eigenvalue weighted by atomic mass is 35.5. The van der Waals surface area contributed by atoms with Crippen molar-refractivity contribution < 1.29 is 9.59 Å². The first kappa shape index (κ1) is 24.0. The van der Waals surface area contributed by atoms with E-state index in [1.54, 1.807) is 18.5 Å². The van der Waals surface area contributed by atoms with Crippen LogP contribution in [0, 0.1) is 5.92 Å². The second-order valence-electron chi connectivity index (χ2n) is 9.17. The molecule has 1 fully saturated rings. The molecule has 176 valence electrons. The van der Waals surface area contributed by atoms with Gasteiger partial charge in [-0.25, -0.2) is 0 Å². The van der Waals surface area contributed by atoms with Gasteiger partial charge in [-0.15, -0.1) is 0 Å². The summed E-state index contributed by atoms with van der Waals surface area (Å²) < 4.78 is 0. The Hall–Kier alpha value is -3.18. The Balaban J connectivity index is 1.41. The van der Waals surface area contributed by atoms with Crippen molar-refractivity contribution in [3.05, 3.63) is 89.2 Å². The number of hydrogen-bond acceptors (Lipinski definition) is 3. The Morgan fingerprint density at radius 2 is 1.71 bits per heavy atom. The highest BCUT2D eigenvalue weighted by Gasteiger charge is 2.31. The largest absolute Gasteiger partial charge is 0.341 e. The summed E-state index contributed by atoms with van der Waals surface area (Å²) in [5.74, 6) is 0.144. The maximum absolute atomic E-state index is 13.4. The zero-order valence-electron chi connectivity index (χ0n) is 19.6. The summed E-state index contributed by atoms with van der Waals surface area (Å²) in [6.45, 7) is 5.30. The van der Waals surface area contributed by atoms with Gasteiger partial charge in [-0.3, -0.25) is 14.6 Å². The Bertz CT molecular complexity index is 1120. The van der Waals surface area contributed by atoms with Gasteiger partial charge in [0.2, 0.25) is 5.91 Å². The summed E-state index contributed by atoms with van der Waals surface area (Å²) in [5, 5.41) is 3.73. The number of piperidine rings is 1. The second-order valence-corrected chi connectivity index (χ2v) is 9.61. The van der Waals surface area contributed by atoms with Crippen molar-refractivity contribution in [3.8, 4) is 11.1 Å². The lowest BCUT2D eigenvalue weighted by Crippen LogP contribution is -2.52. The minimum absolute atomic E-state index is 0.0127. The van der Waals surface area contributed by atoms with Crippen LogP contribution in [0.3, 0.4) is 0 Å². The van der Waals surface area contributed by atoms with Crippen LogP contribution in [-0.4, -0.2) is 40.8 Å². The number of rotatable bonds is 6. The zero-order chi connectivity index (χ0) is 24.1. The van der Waals surface area contributed by atoms with Crippen LogP contribution in [0.15, 0.2) is 73.1 Å². The molecule has 0 radical (unpaired) electrons. The molecule has 0 unspecified atom stereocenters. The minimum atomic E-state index is -0.568. The maximum atomic E-state index is 13.4. The average molecular weight is 476 g/mol. The van der Waals surface area contributed by atoms with Gasteiger partial charge in [-0.1, -0.05) is 55.8 Å². The van der Waals surface area contributed by atoms with Gasteiger partial charge in [-0.05, 0) is 66.1 Å². The van der Waals surface area contributed by atoms with E-state index in [1.807, 2.05) is 61.2 Å². The van der Waals surface area contributed by atoms with Crippen LogP contribution in [0.2, 0.25) is 5.02 Å². The van der Waals surface area contributed by atoms with E-state index in [0.717, 1.165) is 29.0 Å². The minimum Gasteiger partial charge on any atom is -0.341 e. The summed E-state index contributed by atoms with van der Waals surface area (Å²) in [5.41, 5.74) is 3.65.